The van der Waals surface area contributed by atoms with Gasteiger partial charge < -0.3 is 5.32 Å². The minimum absolute atomic E-state index is 0.379. The number of likely N-dealkylation sites (tertiary alicyclic amines) is 1. The third-order valence-corrected chi connectivity index (χ3v) is 4.43. The molecule has 0 saturated carbocycles. The first-order valence-electron chi connectivity index (χ1n) is 7.24. The highest BCUT2D eigenvalue weighted by molar-refractivity contribution is 5.27. The van der Waals surface area contributed by atoms with E-state index < -0.39 is 17.6 Å². The maximum absolute atomic E-state index is 13.4. The van der Waals surface area contributed by atoms with Gasteiger partial charge in [-0.15, -0.1) is 0 Å². The number of alkyl halides is 3. The Kier molecular flexibility index (Phi) is 3.92. The molecule has 2 nitrogen and oxygen atoms in total. The molecule has 2 atom stereocenters. The molecule has 2 aliphatic rings. The molecule has 116 valence electrons. The molecule has 0 aliphatic carbocycles. The lowest BCUT2D eigenvalue weighted by Gasteiger charge is -2.34. The molecule has 2 aliphatic heterocycles. The van der Waals surface area contributed by atoms with E-state index in [0.717, 1.165) is 38.5 Å². The Balaban J connectivity index is 1.71. The number of nitrogens with one attached hydrogen (secondary N) is 1. The highest BCUT2D eigenvalue weighted by Crippen LogP contribution is 2.31. The van der Waals surface area contributed by atoms with Gasteiger partial charge in [-0.1, -0.05) is 0 Å². The van der Waals surface area contributed by atoms with E-state index in [4.69, 9.17) is 0 Å². The Hall–Kier alpha value is -1.14. The summed E-state index contributed by atoms with van der Waals surface area (Å²) >= 11 is 0. The summed E-state index contributed by atoms with van der Waals surface area (Å²) < 4.78 is 51.5. The van der Waals surface area contributed by atoms with E-state index in [2.05, 4.69) is 10.2 Å². The molecule has 0 bridgehead atoms. The normalized spacial score (nSPS) is 26.9. The first-order chi connectivity index (χ1) is 9.91. The molecule has 3 rings (SSSR count). The van der Waals surface area contributed by atoms with E-state index in [9.17, 15) is 17.6 Å². The van der Waals surface area contributed by atoms with E-state index in [1.165, 1.54) is 6.07 Å². The smallest absolute Gasteiger partial charge is 0.314 e. The van der Waals surface area contributed by atoms with Gasteiger partial charge in [0.15, 0.2) is 0 Å². The van der Waals surface area contributed by atoms with E-state index >= 15 is 0 Å². The lowest BCUT2D eigenvalue weighted by Crippen LogP contribution is -2.43. The van der Waals surface area contributed by atoms with Crippen LogP contribution >= 0.6 is 0 Å². The maximum atomic E-state index is 13.4. The molecule has 1 N–H and O–H groups in total. The van der Waals surface area contributed by atoms with Gasteiger partial charge in [-0.3, -0.25) is 4.90 Å². The van der Waals surface area contributed by atoms with Gasteiger partial charge in [0.25, 0.3) is 0 Å². The second kappa shape index (κ2) is 5.57. The van der Waals surface area contributed by atoms with Gasteiger partial charge in [0.05, 0.1) is 5.56 Å². The molecule has 0 aromatic heterocycles. The van der Waals surface area contributed by atoms with Gasteiger partial charge >= 0.3 is 6.18 Å². The number of rotatable bonds is 2. The molecule has 2 saturated heterocycles. The van der Waals surface area contributed by atoms with E-state index in [1.54, 1.807) is 0 Å². The van der Waals surface area contributed by atoms with Crippen molar-refractivity contribution in [1.82, 2.24) is 10.2 Å². The van der Waals surface area contributed by atoms with Crippen molar-refractivity contribution in [2.75, 3.05) is 19.6 Å². The lowest BCUT2D eigenvalue weighted by atomic mass is 9.93. The molecule has 1 aromatic carbocycles. The quantitative estimate of drug-likeness (QED) is 0.845. The third-order valence-electron chi connectivity index (χ3n) is 4.43. The Morgan fingerprint density at radius 1 is 1.19 bits per heavy atom. The second-order valence-corrected chi connectivity index (χ2v) is 5.98. The van der Waals surface area contributed by atoms with Crippen molar-refractivity contribution in [2.24, 2.45) is 5.92 Å². The zero-order valence-corrected chi connectivity index (χ0v) is 11.6. The van der Waals surface area contributed by atoms with Crippen molar-refractivity contribution in [3.05, 3.63) is 35.1 Å². The Bertz CT molecular complexity index is 515. The molecule has 2 fully saturated rings. The van der Waals surface area contributed by atoms with Crippen molar-refractivity contribution in [2.45, 2.75) is 31.6 Å². The number of halogens is 4. The van der Waals surface area contributed by atoms with Crippen LogP contribution in [0.25, 0.3) is 0 Å². The summed E-state index contributed by atoms with van der Waals surface area (Å²) in [7, 11) is 0. The van der Waals surface area contributed by atoms with Crippen LogP contribution in [-0.2, 0) is 12.7 Å². The molecule has 0 amide bonds. The Morgan fingerprint density at radius 2 is 2.00 bits per heavy atom. The summed E-state index contributed by atoms with van der Waals surface area (Å²) in [5.74, 6) is -0.258. The Morgan fingerprint density at radius 3 is 2.76 bits per heavy atom. The summed E-state index contributed by atoms with van der Waals surface area (Å²) in [5, 5.41) is 3.45. The minimum Gasteiger partial charge on any atom is -0.314 e. The van der Waals surface area contributed by atoms with Gasteiger partial charge in [-0.05, 0) is 55.6 Å². The zero-order chi connectivity index (χ0) is 15.0. The van der Waals surface area contributed by atoms with Crippen molar-refractivity contribution in [1.29, 1.82) is 0 Å². The molecular weight excluding hydrogens is 284 g/mol. The van der Waals surface area contributed by atoms with Gasteiger partial charge in [-0.25, -0.2) is 4.39 Å². The highest BCUT2D eigenvalue weighted by atomic mass is 19.4. The van der Waals surface area contributed by atoms with Crippen LogP contribution in [0.2, 0.25) is 0 Å². The van der Waals surface area contributed by atoms with Crippen LogP contribution < -0.4 is 5.32 Å². The lowest BCUT2D eigenvalue weighted by molar-refractivity contribution is -0.137. The van der Waals surface area contributed by atoms with Crippen LogP contribution in [0, 0.1) is 11.7 Å². The average molecular weight is 302 g/mol. The third kappa shape index (κ3) is 3.37. The Labute approximate surface area is 121 Å². The number of nitrogens with zero attached hydrogens (tertiary/aromatic N) is 1. The standard InChI is InChI=1S/C15H18F4N2/c16-13-6-10(5-12(7-13)15(17,18)19)8-21-4-2-14-11(9-21)1-3-20-14/h5-7,11,14,20H,1-4,8-9H2. The number of fused-ring (bicyclic) bond motifs is 1. The molecule has 1 aromatic rings. The summed E-state index contributed by atoms with van der Waals surface area (Å²) in [5.41, 5.74) is -0.512. The summed E-state index contributed by atoms with van der Waals surface area (Å²) in [6.07, 6.45) is -2.39. The molecule has 21 heavy (non-hydrogen) atoms. The number of benzene rings is 1. The van der Waals surface area contributed by atoms with E-state index in [0.29, 0.717) is 30.1 Å². The van der Waals surface area contributed by atoms with Crippen molar-refractivity contribution < 1.29 is 17.6 Å². The maximum Gasteiger partial charge on any atom is 0.416 e. The first kappa shape index (κ1) is 14.8. The summed E-state index contributed by atoms with van der Waals surface area (Å²) in [6, 6.07) is 3.35. The van der Waals surface area contributed by atoms with Crippen LogP contribution in [0.3, 0.4) is 0 Å². The van der Waals surface area contributed by atoms with Gasteiger partial charge in [0.1, 0.15) is 5.82 Å². The van der Waals surface area contributed by atoms with Crippen LogP contribution in [0.5, 0.6) is 0 Å². The molecule has 6 heteroatoms. The van der Waals surface area contributed by atoms with Crippen LogP contribution in [-0.4, -0.2) is 30.6 Å². The highest BCUT2D eigenvalue weighted by Gasteiger charge is 2.34. The fourth-order valence-electron chi connectivity index (χ4n) is 3.43. The predicted octanol–water partition coefficient (Wildman–Crippen LogP) is 3.03. The number of piperidine rings is 1. The average Bonchev–Trinajstić information content (AvgIpc) is 2.84. The molecule has 2 unspecified atom stereocenters. The summed E-state index contributed by atoms with van der Waals surface area (Å²) in [4.78, 5) is 2.13. The molecule has 0 spiro atoms. The van der Waals surface area contributed by atoms with Crippen LogP contribution in [0.15, 0.2) is 18.2 Å². The monoisotopic (exact) mass is 302 g/mol. The molecule has 2 heterocycles. The van der Waals surface area contributed by atoms with Crippen molar-refractivity contribution in [3.63, 3.8) is 0 Å². The second-order valence-electron chi connectivity index (χ2n) is 5.98. The fraction of sp³-hybridized carbons (Fsp3) is 0.600. The summed E-state index contributed by atoms with van der Waals surface area (Å²) in [6.45, 7) is 3.10. The number of hydrogen-bond donors (Lipinski definition) is 1. The largest absolute Gasteiger partial charge is 0.416 e. The van der Waals surface area contributed by atoms with Gasteiger partial charge in [0.2, 0.25) is 0 Å². The van der Waals surface area contributed by atoms with E-state index in [-0.39, 0.29) is 0 Å². The van der Waals surface area contributed by atoms with Gasteiger partial charge in [0, 0.05) is 19.1 Å². The SMILES string of the molecule is Fc1cc(CN2CCC3NCCC3C2)cc(C(F)(F)F)c1. The van der Waals surface area contributed by atoms with Crippen LogP contribution in [0.1, 0.15) is 24.0 Å². The zero-order valence-electron chi connectivity index (χ0n) is 11.6. The minimum atomic E-state index is -4.50. The molecule has 0 radical (unpaired) electrons. The fourth-order valence-corrected chi connectivity index (χ4v) is 3.43. The number of hydrogen-bond acceptors (Lipinski definition) is 2. The van der Waals surface area contributed by atoms with Crippen LogP contribution in [0.4, 0.5) is 17.6 Å². The topological polar surface area (TPSA) is 15.3 Å². The first-order valence-corrected chi connectivity index (χ1v) is 7.24. The van der Waals surface area contributed by atoms with Crippen molar-refractivity contribution in [3.8, 4) is 0 Å². The van der Waals surface area contributed by atoms with Crippen molar-refractivity contribution >= 4 is 0 Å². The van der Waals surface area contributed by atoms with Gasteiger partial charge in [-0.2, -0.15) is 13.2 Å². The predicted molar refractivity (Wildman–Crippen MR) is 71.2 cm³/mol. The van der Waals surface area contributed by atoms with E-state index in [1.807, 2.05) is 0 Å². The molecular formula is C15H18F4N2.